The molecule has 0 aromatic carbocycles. The largest absolute Gasteiger partial charge is 0.444 e. The molecule has 0 radical (unpaired) electrons. The summed E-state index contributed by atoms with van der Waals surface area (Å²) in [6.07, 6.45) is -0.417. The highest BCUT2D eigenvalue weighted by Gasteiger charge is 2.46. The molecular formula is C12H22N2O4. The number of nitrogens with zero attached hydrogens (tertiary/aromatic N) is 1. The van der Waals surface area contributed by atoms with Crippen molar-refractivity contribution in [1.29, 1.82) is 0 Å². The van der Waals surface area contributed by atoms with Gasteiger partial charge in [-0.1, -0.05) is 0 Å². The number of primary amides is 1. The Balaban J connectivity index is 2.85. The molecule has 6 heteroatoms. The van der Waals surface area contributed by atoms with Gasteiger partial charge < -0.3 is 15.2 Å². The first-order valence-corrected chi connectivity index (χ1v) is 5.97. The van der Waals surface area contributed by atoms with Gasteiger partial charge in [-0.25, -0.2) is 4.79 Å². The molecule has 0 unspecified atom stereocenters. The number of rotatable bonds is 2. The first kappa shape index (κ1) is 14.8. The van der Waals surface area contributed by atoms with Crippen LogP contribution in [0, 0.1) is 0 Å². The van der Waals surface area contributed by atoms with Crippen molar-refractivity contribution in [3.63, 3.8) is 0 Å². The summed E-state index contributed by atoms with van der Waals surface area (Å²) in [5, 5.41) is 0. The highest BCUT2D eigenvalue weighted by molar-refractivity contribution is 5.76. The molecule has 104 valence electrons. The second-order valence-corrected chi connectivity index (χ2v) is 5.93. The Morgan fingerprint density at radius 1 is 1.44 bits per heavy atom. The Labute approximate surface area is 107 Å². The molecular weight excluding hydrogens is 236 g/mol. The number of carbonyl (C=O) groups is 2. The third kappa shape index (κ3) is 3.60. The lowest BCUT2D eigenvalue weighted by atomic mass is 10.1. The fourth-order valence-electron chi connectivity index (χ4n) is 1.95. The summed E-state index contributed by atoms with van der Waals surface area (Å²) in [6, 6.07) is -0.368. The fourth-order valence-corrected chi connectivity index (χ4v) is 1.95. The zero-order valence-corrected chi connectivity index (χ0v) is 11.6. The number of hydrogen-bond donors (Lipinski definition) is 1. The summed E-state index contributed by atoms with van der Waals surface area (Å²) in [5.41, 5.74) is 3.80. The van der Waals surface area contributed by atoms with Crippen molar-refractivity contribution in [2.24, 2.45) is 5.73 Å². The van der Waals surface area contributed by atoms with E-state index in [-0.39, 0.29) is 19.1 Å². The van der Waals surface area contributed by atoms with Gasteiger partial charge in [-0.15, -0.1) is 0 Å². The summed E-state index contributed by atoms with van der Waals surface area (Å²) in [4.78, 5) is 24.6. The Bertz CT molecular complexity index is 346. The molecule has 0 aromatic heterocycles. The number of carbonyl (C=O) groups excluding carboxylic acids is 2. The second kappa shape index (κ2) is 4.76. The third-order valence-corrected chi connectivity index (χ3v) is 2.60. The number of hydrogen-bond acceptors (Lipinski definition) is 4. The van der Waals surface area contributed by atoms with Gasteiger partial charge in [0.1, 0.15) is 11.3 Å². The first-order valence-electron chi connectivity index (χ1n) is 5.97. The van der Waals surface area contributed by atoms with E-state index in [4.69, 9.17) is 15.2 Å². The molecule has 1 atom stereocenters. The predicted octanol–water partition coefficient (Wildman–Crippen LogP) is 1.23. The molecule has 1 aliphatic rings. The normalized spacial score (nSPS) is 22.9. The van der Waals surface area contributed by atoms with Crippen LogP contribution in [0.5, 0.6) is 0 Å². The predicted molar refractivity (Wildman–Crippen MR) is 65.7 cm³/mol. The van der Waals surface area contributed by atoms with Gasteiger partial charge in [-0.2, -0.15) is 0 Å². The molecule has 6 nitrogen and oxygen atoms in total. The number of ether oxygens (including phenoxy) is 2. The van der Waals surface area contributed by atoms with Crippen LogP contribution in [0.25, 0.3) is 0 Å². The number of amides is 2. The van der Waals surface area contributed by atoms with Crippen molar-refractivity contribution >= 4 is 12.0 Å². The Hall–Kier alpha value is -1.30. The van der Waals surface area contributed by atoms with E-state index in [0.717, 1.165) is 0 Å². The quantitative estimate of drug-likeness (QED) is 0.807. The molecule has 2 N–H and O–H groups in total. The third-order valence-electron chi connectivity index (χ3n) is 2.60. The lowest BCUT2D eigenvalue weighted by molar-refractivity contribution is -0.119. The molecule has 1 saturated heterocycles. The minimum atomic E-state index is -0.789. The van der Waals surface area contributed by atoms with Crippen molar-refractivity contribution in [1.82, 2.24) is 4.90 Å². The highest BCUT2D eigenvalue weighted by atomic mass is 16.6. The molecule has 18 heavy (non-hydrogen) atoms. The van der Waals surface area contributed by atoms with Crippen LogP contribution in [0.1, 0.15) is 41.0 Å². The van der Waals surface area contributed by atoms with E-state index >= 15 is 0 Å². The van der Waals surface area contributed by atoms with Crippen LogP contribution in [0.4, 0.5) is 4.79 Å². The van der Waals surface area contributed by atoms with Gasteiger partial charge >= 0.3 is 6.09 Å². The van der Waals surface area contributed by atoms with Gasteiger partial charge in [0.2, 0.25) is 5.91 Å². The van der Waals surface area contributed by atoms with Gasteiger partial charge in [0.25, 0.3) is 0 Å². The van der Waals surface area contributed by atoms with Crippen molar-refractivity contribution in [2.45, 2.75) is 58.4 Å². The van der Waals surface area contributed by atoms with E-state index < -0.39 is 23.3 Å². The number of nitrogens with two attached hydrogens (primary N) is 1. The molecule has 1 heterocycles. The van der Waals surface area contributed by atoms with Crippen LogP contribution in [0.2, 0.25) is 0 Å². The smallest absolute Gasteiger partial charge is 0.412 e. The van der Waals surface area contributed by atoms with Gasteiger partial charge in [0.15, 0.2) is 0 Å². The molecule has 1 aliphatic heterocycles. The van der Waals surface area contributed by atoms with Crippen LogP contribution in [0.3, 0.4) is 0 Å². The minimum absolute atomic E-state index is 0.0721. The molecule has 0 aromatic rings. The van der Waals surface area contributed by atoms with Crippen LogP contribution < -0.4 is 5.73 Å². The fraction of sp³-hybridized carbons (Fsp3) is 0.833. The van der Waals surface area contributed by atoms with E-state index in [1.165, 1.54) is 4.90 Å². The Morgan fingerprint density at radius 2 is 2.00 bits per heavy atom. The maximum absolute atomic E-state index is 12.1. The minimum Gasteiger partial charge on any atom is -0.444 e. The standard InChI is InChI=1S/C12H22N2O4/c1-11(2,3)18-10(16)14-8(6-9(13)15)7-17-12(14,4)5/h8H,6-7H2,1-5H3,(H2,13,15)/t8-/m0/s1. The lowest BCUT2D eigenvalue weighted by Crippen LogP contribution is -2.50. The molecule has 0 aliphatic carbocycles. The molecule has 0 bridgehead atoms. The van der Waals surface area contributed by atoms with Crippen LogP contribution in [0.15, 0.2) is 0 Å². The van der Waals surface area contributed by atoms with E-state index in [1.807, 2.05) is 0 Å². The summed E-state index contributed by atoms with van der Waals surface area (Å²) in [5.74, 6) is -0.463. The lowest BCUT2D eigenvalue weighted by Gasteiger charge is -2.34. The van der Waals surface area contributed by atoms with Crippen molar-refractivity contribution in [3.8, 4) is 0 Å². The molecule has 0 saturated carbocycles. The highest BCUT2D eigenvalue weighted by Crippen LogP contribution is 2.30. The first-order chi connectivity index (χ1) is 8.03. The van der Waals surface area contributed by atoms with Crippen LogP contribution in [-0.4, -0.2) is 40.9 Å². The molecule has 1 rings (SSSR count). The molecule has 2 amide bonds. The summed E-state index contributed by atoms with van der Waals surface area (Å²) in [6.45, 7) is 9.18. The van der Waals surface area contributed by atoms with Crippen molar-refractivity contribution in [2.75, 3.05) is 6.61 Å². The van der Waals surface area contributed by atoms with Gasteiger partial charge in [0.05, 0.1) is 12.6 Å². The topological polar surface area (TPSA) is 81.9 Å². The van der Waals surface area contributed by atoms with E-state index in [2.05, 4.69) is 0 Å². The molecule has 0 spiro atoms. The Kier molecular flexibility index (Phi) is 3.90. The Morgan fingerprint density at radius 3 is 2.44 bits per heavy atom. The maximum atomic E-state index is 12.1. The second-order valence-electron chi connectivity index (χ2n) is 5.93. The van der Waals surface area contributed by atoms with Gasteiger partial charge in [-0.3, -0.25) is 9.69 Å². The van der Waals surface area contributed by atoms with E-state index in [0.29, 0.717) is 0 Å². The summed E-state index contributed by atoms with van der Waals surface area (Å²) < 4.78 is 10.8. The maximum Gasteiger partial charge on any atom is 0.412 e. The molecule has 1 fully saturated rings. The van der Waals surface area contributed by atoms with Crippen LogP contribution in [-0.2, 0) is 14.3 Å². The average molecular weight is 258 g/mol. The SMILES string of the molecule is CC(C)(C)OC(=O)N1[C@@H](CC(N)=O)COC1(C)C. The summed E-state index contributed by atoms with van der Waals surface area (Å²) >= 11 is 0. The average Bonchev–Trinajstić information content (AvgIpc) is 2.36. The van der Waals surface area contributed by atoms with Gasteiger partial charge in [0, 0.05) is 6.42 Å². The summed E-state index contributed by atoms with van der Waals surface area (Å²) in [7, 11) is 0. The van der Waals surface area contributed by atoms with Crippen LogP contribution >= 0.6 is 0 Å². The van der Waals surface area contributed by atoms with Gasteiger partial charge in [-0.05, 0) is 34.6 Å². The zero-order valence-electron chi connectivity index (χ0n) is 11.6. The van der Waals surface area contributed by atoms with E-state index in [1.54, 1.807) is 34.6 Å². The van der Waals surface area contributed by atoms with E-state index in [9.17, 15) is 9.59 Å². The van der Waals surface area contributed by atoms with Crippen molar-refractivity contribution < 1.29 is 19.1 Å². The van der Waals surface area contributed by atoms with Crippen molar-refractivity contribution in [3.05, 3.63) is 0 Å². The zero-order chi connectivity index (χ0) is 14.1. The monoisotopic (exact) mass is 258 g/mol.